The van der Waals surface area contributed by atoms with Crippen molar-refractivity contribution >= 4 is 17.1 Å². The predicted molar refractivity (Wildman–Crippen MR) is 97.7 cm³/mol. The van der Waals surface area contributed by atoms with Crippen molar-refractivity contribution in [3.63, 3.8) is 0 Å². The first kappa shape index (κ1) is 16.4. The van der Waals surface area contributed by atoms with E-state index in [1.54, 1.807) is 18.2 Å². The number of carbonyl (C=O) groups excluding carboxylic acids is 2. The molecule has 1 aliphatic carbocycles. The molecule has 3 rings (SSSR count). The molecule has 24 heavy (non-hydrogen) atoms. The predicted octanol–water partition coefficient (Wildman–Crippen LogP) is 5.40. The molecule has 0 unspecified atom stereocenters. The highest BCUT2D eigenvalue weighted by molar-refractivity contribution is 6.39. The molecular weight excluding hydrogens is 296 g/mol. The fourth-order valence-corrected chi connectivity index (χ4v) is 3.36. The molecule has 0 aromatic heterocycles. The van der Waals surface area contributed by atoms with Crippen LogP contribution >= 0.6 is 0 Å². The molecule has 0 saturated carbocycles. The molecule has 2 aromatic carbocycles. The third kappa shape index (κ3) is 2.62. The molecule has 2 heteroatoms. The standard InChI is InChI=1S/C22H22O2/c1-13(2)15-10-7-11-16(14(3)4)21(15)19-12-20(23)17-8-5-6-9-18(17)22(19)24/h5-14H,1-4H3. The Kier molecular flexibility index (Phi) is 4.23. The van der Waals surface area contributed by atoms with Crippen LogP contribution in [0.5, 0.6) is 0 Å². The highest BCUT2D eigenvalue weighted by Crippen LogP contribution is 2.37. The normalized spacial score (nSPS) is 14.2. The van der Waals surface area contributed by atoms with E-state index in [0.29, 0.717) is 16.7 Å². The van der Waals surface area contributed by atoms with Gasteiger partial charge in [0.1, 0.15) is 0 Å². The quantitative estimate of drug-likeness (QED) is 0.759. The minimum Gasteiger partial charge on any atom is -0.289 e. The van der Waals surface area contributed by atoms with Gasteiger partial charge >= 0.3 is 0 Å². The lowest BCUT2D eigenvalue weighted by Crippen LogP contribution is -2.18. The average Bonchev–Trinajstić information content (AvgIpc) is 2.57. The number of Topliss-reactive ketones (excluding diaryl/α,β-unsaturated/α-hetero) is 1. The van der Waals surface area contributed by atoms with Gasteiger partial charge in [0.05, 0.1) is 0 Å². The summed E-state index contributed by atoms with van der Waals surface area (Å²) in [6.45, 7) is 8.47. The zero-order chi connectivity index (χ0) is 17.4. The van der Waals surface area contributed by atoms with Crippen molar-refractivity contribution < 1.29 is 9.59 Å². The van der Waals surface area contributed by atoms with Crippen molar-refractivity contribution in [2.45, 2.75) is 39.5 Å². The lowest BCUT2D eigenvalue weighted by Gasteiger charge is -2.23. The van der Waals surface area contributed by atoms with Gasteiger partial charge in [-0.15, -0.1) is 0 Å². The minimum atomic E-state index is -0.0894. The van der Waals surface area contributed by atoms with Gasteiger partial charge in [-0.2, -0.15) is 0 Å². The number of benzene rings is 2. The summed E-state index contributed by atoms with van der Waals surface area (Å²) in [5.74, 6) is 0.410. The number of hydrogen-bond acceptors (Lipinski definition) is 2. The second-order valence-corrected chi connectivity index (χ2v) is 6.92. The second kappa shape index (κ2) is 6.20. The fraction of sp³-hybridized carbons (Fsp3) is 0.273. The van der Waals surface area contributed by atoms with Crippen molar-refractivity contribution in [1.29, 1.82) is 0 Å². The van der Waals surface area contributed by atoms with Crippen LogP contribution in [0.2, 0.25) is 0 Å². The van der Waals surface area contributed by atoms with Gasteiger partial charge in [0, 0.05) is 16.7 Å². The van der Waals surface area contributed by atoms with Crippen molar-refractivity contribution in [2.24, 2.45) is 0 Å². The smallest absolute Gasteiger partial charge is 0.194 e. The van der Waals surface area contributed by atoms with Gasteiger partial charge in [-0.25, -0.2) is 0 Å². The van der Waals surface area contributed by atoms with E-state index in [0.717, 1.165) is 16.7 Å². The monoisotopic (exact) mass is 318 g/mol. The number of allylic oxidation sites excluding steroid dienone is 2. The Balaban J connectivity index is 2.27. The minimum absolute atomic E-state index is 0.0554. The van der Waals surface area contributed by atoms with Crippen LogP contribution in [-0.2, 0) is 0 Å². The molecule has 0 heterocycles. The Morgan fingerprint density at radius 3 is 1.79 bits per heavy atom. The molecule has 0 N–H and O–H groups in total. The molecule has 0 aliphatic heterocycles. The Morgan fingerprint density at radius 2 is 1.25 bits per heavy atom. The summed E-state index contributed by atoms with van der Waals surface area (Å²) < 4.78 is 0. The summed E-state index contributed by atoms with van der Waals surface area (Å²) in [6, 6.07) is 13.2. The number of rotatable bonds is 3. The van der Waals surface area contributed by atoms with Crippen LogP contribution in [0.1, 0.15) is 76.9 Å². The van der Waals surface area contributed by atoms with Crippen LogP contribution in [0.15, 0.2) is 48.5 Å². The van der Waals surface area contributed by atoms with E-state index in [9.17, 15) is 9.59 Å². The molecule has 0 radical (unpaired) electrons. The van der Waals surface area contributed by atoms with Crippen LogP contribution in [0.25, 0.3) is 5.57 Å². The first-order valence-electron chi connectivity index (χ1n) is 8.44. The van der Waals surface area contributed by atoms with Crippen LogP contribution in [0.4, 0.5) is 0 Å². The van der Waals surface area contributed by atoms with E-state index in [1.165, 1.54) is 6.08 Å². The largest absolute Gasteiger partial charge is 0.289 e. The van der Waals surface area contributed by atoms with E-state index in [1.807, 2.05) is 12.1 Å². The van der Waals surface area contributed by atoms with Crippen LogP contribution in [0.3, 0.4) is 0 Å². The highest BCUT2D eigenvalue weighted by atomic mass is 16.1. The maximum absolute atomic E-state index is 13.1. The van der Waals surface area contributed by atoms with Gasteiger partial charge in [0.25, 0.3) is 0 Å². The van der Waals surface area contributed by atoms with Crippen LogP contribution < -0.4 is 0 Å². The highest BCUT2D eigenvalue weighted by Gasteiger charge is 2.29. The first-order valence-corrected chi connectivity index (χ1v) is 8.44. The number of carbonyl (C=O) groups is 2. The van der Waals surface area contributed by atoms with Crippen LogP contribution in [0, 0.1) is 0 Å². The Hall–Kier alpha value is -2.48. The molecule has 1 aliphatic rings. The van der Waals surface area contributed by atoms with Gasteiger partial charge in [-0.1, -0.05) is 70.2 Å². The molecule has 0 spiro atoms. The third-order valence-electron chi connectivity index (χ3n) is 4.60. The second-order valence-electron chi connectivity index (χ2n) is 6.92. The molecule has 0 saturated heterocycles. The number of fused-ring (bicyclic) bond motifs is 1. The zero-order valence-corrected chi connectivity index (χ0v) is 14.6. The first-order chi connectivity index (χ1) is 11.4. The topological polar surface area (TPSA) is 34.1 Å². The zero-order valence-electron chi connectivity index (χ0n) is 14.6. The maximum atomic E-state index is 13.1. The third-order valence-corrected chi connectivity index (χ3v) is 4.60. The summed E-state index contributed by atoms with van der Waals surface area (Å²) >= 11 is 0. The van der Waals surface area contributed by atoms with Crippen molar-refractivity contribution in [1.82, 2.24) is 0 Å². The molecule has 2 nitrogen and oxygen atoms in total. The van der Waals surface area contributed by atoms with Gasteiger partial charge in [0.2, 0.25) is 0 Å². The lowest BCUT2D eigenvalue weighted by molar-refractivity contribution is 0.100. The fourth-order valence-electron chi connectivity index (χ4n) is 3.36. The van der Waals surface area contributed by atoms with Crippen molar-refractivity contribution in [3.05, 3.63) is 76.4 Å². The van der Waals surface area contributed by atoms with E-state index in [4.69, 9.17) is 0 Å². The Labute approximate surface area is 143 Å². The van der Waals surface area contributed by atoms with Crippen molar-refractivity contribution in [2.75, 3.05) is 0 Å². The van der Waals surface area contributed by atoms with Gasteiger partial charge in [0.15, 0.2) is 11.6 Å². The number of ketones is 2. The molecular formula is C22H22O2. The Bertz CT molecular complexity index is 828. The van der Waals surface area contributed by atoms with E-state index in [2.05, 4.69) is 39.8 Å². The van der Waals surface area contributed by atoms with Crippen LogP contribution in [-0.4, -0.2) is 11.6 Å². The van der Waals surface area contributed by atoms with Crippen molar-refractivity contribution in [3.8, 4) is 0 Å². The molecule has 0 bridgehead atoms. The lowest BCUT2D eigenvalue weighted by atomic mass is 9.79. The molecule has 122 valence electrons. The van der Waals surface area contributed by atoms with Gasteiger partial charge in [-0.05, 0) is 34.6 Å². The summed E-state index contributed by atoms with van der Waals surface area (Å²) in [4.78, 5) is 25.6. The maximum Gasteiger partial charge on any atom is 0.194 e. The molecule has 0 fully saturated rings. The molecule has 2 aromatic rings. The SMILES string of the molecule is CC(C)c1cccc(C(C)C)c1C1=CC(=O)c2ccccc2C1=O. The van der Waals surface area contributed by atoms with Gasteiger partial charge in [-0.3, -0.25) is 9.59 Å². The summed E-state index contributed by atoms with van der Waals surface area (Å²) in [6.07, 6.45) is 1.53. The van der Waals surface area contributed by atoms with Gasteiger partial charge < -0.3 is 0 Å². The van der Waals surface area contributed by atoms with E-state index >= 15 is 0 Å². The van der Waals surface area contributed by atoms with E-state index in [-0.39, 0.29) is 23.4 Å². The Morgan fingerprint density at radius 1 is 0.708 bits per heavy atom. The molecule has 0 amide bonds. The molecule has 0 atom stereocenters. The average molecular weight is 318 g/mol. The summed E-state index contributed by atoms with van der Waals surface area (Å²) in [7, 11) is 0. The summed E-state index contributed by atoms with van der Waals surface area (Å²) in [5.41, 5.74) is 4.72. The van der Waals surface area contributed by atoms with E-state index < -0.39 is 0 Å². The summed E-state index contributed by atoms with van der Waals surface area (Å²) in [5, 5.41) is 0. The number of hydrogen-bond donors (Lipinski definition) is 0.